The number of nitrogens with zero attached hydrogens (tertiary/aromatic N) is 1. The molecule has 0 spiro atoms. The lowest BCUT2D eigenvalue weighted by atomic mass is 10.2. The van der Waals surface area contributed by atoms with Gasteiger partial charge in [0.15, 0.2) is 0 Å². The van der Waals surface area contributed by atoms with Gasteiger partial charge in [0.2, 0.25) is 0 Å². The maximum absolute atomic E-state index is 12.1. The molecule has 5 heteroatoms. The van der Waals surface area contributed by atoms with Crippen LogP contribution in [0.15, 0.2) is 41.0 Å². The van der Waals surface area contributed by atoms with Gasteiger partial charge in [0.05, 0.1) is 5.56 Å². The third kappa shape index (κ3) is 3.29. The van der Waals surface area contributed by atoms with Gasteiger partial charge in [-0.25, -0.2) is 4.98 Å². The van der Waals surface area contributed by atoms with Gasteiger partial charge in [0, 0.05) is 14.2 Å². The van der Waals surface area contributed by atoms with Crippen molar-refractivity contribution < 1.29 is 4.79 Å². The first-order valence-corrected chi connectivity index (χ1v) is 7.12. The number of amides is 1. The van der Waals surface area contributed by atoms with Gasteiger partial charge >= 0.3 is 0 Å². The molecule has 0 aliphatic carbocycles. The van der Waals surface area contributed by atoms with Gasteiger partial charge in [-0.2, -0.15) is 0 Å². The first kappa shape index (κ1) is 13.5. The number of pyridine rings is 1. The number of benzene rings is 1. The van der Waals surface area contributed by atoms with Crippen molar-refractivity contribution in [1.82, 2.24) is 4.98 Å². The first-order chi connectivity index (χ1) is 8.56. The number of carbonyl (C=O) groups excluding carboxylic acids is 1. The van der Waals surface area contributed by atoms with E-state index in [4.69, 9.17) is 0 Å². The topological polar surface area (TPSA) is 42.0 Å². The van der Waals surface area contributed by atoms with E-state index < -0.39 is 0 Å². The predicted octanol–water partition coefficient (Wildman–Crippen LogP) is 4.01. The number of nitrogens with one attached hydrogen (secondary N) is 1. The van der Waals surface area contributed by atoms with E-state index in [-0.39, 0.29) is 5.91 Å². The molecule has 0 aliphatic rings. The van der Waals surface area contributed by atoms with Crippen molar-refractivity contribution in [1.29, 1.82) is 0 Å². The lowest BCUT2D eigenvalue weighted by Crippen LogP contribution is -2.13. The Kier molecular flexibility index (Phi) is 4.34. The van der Waals surface area contributed by atoms with Crippen molar-refractivity contribution in [3.8, 4) is 0 Å². The molecule has 0 saturated carbocycles. The zero-order valence-corrected chi connectivity index (χ0v) is 13.3. The number of aromatic nitrogens is 1. The zero-order valence-electron chi connectivity index (χ0n) is 9.58. The van der Waals surface area contributed by atoms with E-state index in [9.17, 15) is 4.79 Å². The smallest absolute Gasteiger partial charge is 0.257 e. The van der Waals surface area contributed by atoms with E-state index in [0.29, 0.717) is 11.4 Å². The van der Waals surface area contributed by atoms with Crippen LogP contribution in [0.25, 0.3) is 0 Å². The summed E-state index contributed by atoms with van der Waals surface area (Å²) in [5.74, 6) is 0.383. The minimum absolute atomic E-state index is 0.170. The van der Waals surface area contributed by atoms with Crippen LogP contribution in [0.5, 0.6) is 0 Å². The molecule has 1 aromatic carbocycles. The van der Waals surface area contributed by atoms with Crippen LogP contribution in [0.3, 0.4) is 0 Å². The SMILES string of the molecule is Cc1ccc(NC(=O)c2cc(I)ccc2Br)nc1. The quantitative estimate of drug-likeness (QED) is 0.751. The van der Waals surface area contributed by atoms with Gasteiger partial charge in [0.1, 0.15) is 5.82 Å². The molecule has 1 aromatic heterocycles. The molecular formula is C13H10BrIN2O. The molecule has 1 heterocycles. The Morgan fingerprint density at radius 1 is 1.33 bits per heavy atom. The summed E-state index contributed by atoms with van der Waals surface area (Å²) in [6.07, 6.45) is 1.72. The number of anilines is 1. The summed E-state index contributed by atoms with van der Waals surface area (Å²) in [5, 5.41) is 2.77. The Morgan fingerprint density at radius 3 is 2.78 bits per heavy atom. The highest BCUT2D eigenvalue weighted by atomic mass is 127. The average molecular weight is 417 g/mol. The van der Waals surface area contributed by atoms with E-state index in [1.807, 2.05) is 31.2 Å². The molecule has 0 atom stereocenters. The maximum atomic E-state index is 12.1. The fourth-order valence-electron chi connectivity index (χ4n) is 1.40. The molecule has 1 N–H and O–H groups in total. The highest BCUT2D eigenvalue weighted by molar-refractivity contribution is 14.1. The molecule has 0 bridgehead atoms. The molecular weight excluding hydrogens is 407 g/mol. The largest absolute Gasteiger partial charge is 0.307 e. The van der Waals surface area contributed by atoms with Crippen molar-refractivity contribution in [2.24, 2.45) is 0 Å². The highest BCUT2D eigenvalue weighted by Crippen LogP contribution is 2.20. The van der Waals surface area contributed by atoms with Crippen molar-refractivity contribution in [2.75, 3.05) is 5.32 Å². The molecule has 0 unspecified atom stereocenters. The minimum atomic E-state index is -0.170. The number of hydrogen-bond donors (Lipinski definition) is 1. The van der Waals surface area contributed by atoms with E-state index in [1.54, 1.807) is 12.3 Å². The number of halogens is 2. The van der Waals surface area contributed by atoms with E-state index >= 15 is 0 Å². The first-order valence-electron chi connectivity index (χ1n) is 5.25. The lowest BCUT2D eigenvalue weighted by molar-refractivity contribution is 0.102. The van der Waals surface area contributed by atoms with E-state index in [2.05, 4.69) is 48.8 Å². The monoisotopic (exact) mass is 416 g/mol. The molecule has 3 nitrogen and oxygen atoms in total. The fraction of sp³-hybridized carbons (Fsp3) is 0.0769. The standard InChI is InChI=1S/C13H10BrIN2O/c1-8-2-5-12(16-7-8)17-13(18)10-6-9(15)3-4-11(10)14/h2-7H,1H3,(H,16,17,18). The van der Waals surface area contributed by atoms with E-state index in [1.165, 1.54) is 0 Å². The average Bonchev–Trinajstić information content (AvgIpc) is 2.35. The Bertz CT molecular complexity index is 584. The van der Waals surface area contributed by atoms with Crippen LogP contribution in [-0.4, -0.2) is 10.9 Å². The number of rotatable bonds is 2. The minimum Gasteiger partial charge on any atom is -0.307 e. The summed E-state index contributed by atoms with van der Waals surface area (Å²) < 4.78 is 1.78. The van der Waals surface area contributed by atoms with E-state index in [0.717, 1.165) is 13.6 Å². The number of hydrogen-bond acceptors (Lipinski definition) is 2. The van der Waals surface area contributed by atoms with Crippen LogP contribution in [0.2, 0.25) is 0 Å². The molecule has 0 fully saturated rings. The summed E-state index contributed by atoms with van der Waals surface area (Å²) in [4.78, 5) is 16.2. The fourth-order valence-corrected chi connectivity index (χ4v) is 2.31. The third-order valence-electron chi connectivity index (χ3n) is 2.33. The molecule has 2 rings (SSSR count). The van der Waals surface area contributed by atoms with Gasteiger partial charge in [-0.05, 0) is 75.3 Å². The summed E-state index contributed by atoms with van der Waals surface area (Å²) in [5.41, 5.74) is 1.66. The van der Waals surface area contributed by atoms with Crippen LogP contribution >= 0.6 is 38.5 Å². The van der Waals surface area contributed by atoms with Gasteiger partial charge in [-0.15, -0.1) is 0 Å². The summed E-state index contributed by atoms with van der Waals surface area (Å²) in [6.45, 7) is 1.95. The Hall–Kier alpha value is -0.950. The van der Waals surface area contributed by atoms with Gasteiger partial charge in [-0.3, -0.25) is 4.79 Å². The van der Waals surface area contributed by atoms with Crippen LogP contribution in [0.1, 0.15) is 15.9 Å². The Morgan fingerprint density at radius 2 is 2.11 bits per heavy atom. The Balaban J connectivity index is 2.21. The molecule has 18 heavy (non-hydrogen) atoms. The molecule has 2 aromatic rings. The van der Waals surface area contributed by atoms with Crippen molar-refractivity contribution >= 4 is 50.2 Å². The molecule has 0 aliphatic heterocycles. The molecule has 0 radical (unpaired) electrons. The second kappa shape index (κ2) is 5.79. The number of aryl methyl sites for hydroxylation is 1. The van der Waals surface area contributed by atoms with Gasteiger partial charge < -0.3 is 5.32 Å². The second-order valence-corrected chi connectivity index (χ2v) is 5.90. The van der Waals surface area contributed by atoms with Crippen LogP contribution in [-0.2, 0) is 0 Å². The molecule has 0 saturated heterocycles. The maximum Gasteiger partial charge on any atom is 0.257 e. The van der Waals surface area contributed by atoms with Crippen molar-refractivity contribution in [3.63, 3.8) is 0 Å². The van der Waals surface area contributed by atoms with Gasteiger partial charge in [-0.1, -0.05) is 6.07 Å². The summed E-state index contributed by atoms with van der Waals surface area (Å²) >= 11 is 5.55. The van der Waals surface area contributed by atoms with Gasteiger partial charge in [0.25, 0.3) is 5.91 Å². The van der Waals surface area contributed by atoms with Crippen LogP contribution < -0.4 is 5.32 Å². The Labute approximate surface area is 127 Å². The molecule has 1 amide bonds. The summed E-state index contributed by atoms with van der Waals surface area (Å²) in [7, 11) is 0. The van der Waals surface area contributed by atoms with Crippen LogP contribution in [0.4, 0.5) is 5.82 Å². The second-order valence-electron chi connectivity index (χ2n) is 3.80. The van der Waals surface area contributed by atoms with Crippen molar-refractivity contribution in [2.45, 2.75) is 6.92 Å². The zero-order chi connectivity index (χ0) is 13.1. The van der Waals surface area contributed by atoms with Crippen molar-refractivity contribution in [3.05, 3.63) is 55.7 Å². The molecule has 92 valence electrons. The van der Waals surface area contributed by atoms with Crippen LogP contribution in [0, 0.1) is 10.5 Å². The normalized spacial score (nSPS) is 10.2. The number of carbonyl (C=O) groups is 1. The predicted molar refractivity (Wildman–Crippen MR) is 83.8 cm³/mol. The third-order valence-corrected chi connectivity index (χ3v) is 3.69. The highest BCUT2D eigenvalue weighted by Gasteiger charge is 2.11. The summed E-state index contributed by atoms with van der Waals surface area (Å²) in [6, 6.07) is 9.32. The lowest BCUT2D eigenvalue weighted by Gasteiger charge is -2.06.